The van der Waals surface area contributed by atoms with Crippen molar-refractivity contribution in [3.63, 3.8) is 0 Å². The molecule has 0 radical (unpaired) electrons. The smallest absolute Gasteiger partial charge is 0.354 e. The summed E-state index contributed by atoms with van der Waals surface area (Å²) in [4.78, 5) is 14.1. The molecule has 3 N–H and O–H groups in total. The number of nitrogens with two attached hydrogens (primary N) is 1. The van der Waals surface area contributed by atoms with Gasteiger partial charge in [-0.3, -0.25) is 4.99 Å². The highest BCUT2D eigenvalue weighted by Crippen LogP contribution is 1.87. The van der Waals surface area contributed by atoms with Gasteiger partial charge in [-0.1, -0.05) is 0 Å². The van der Waals surface area contributed by atoms with Gasteiger partial charge in [-0.25, -0.2) is 4.79 Å². The van der Waals surface area contributed by atoms with Crippen molar-refractivity contribution in [2.45, 2.75) is 13.8 Å². The standard InChI is InChI=1S/C7H12N2O2/c1-3-9-6(7(10)11)4-5(2)8/h4H,3,8H2,1-2H3,(H,10,11)/b5-4-,9-6?. The summed E-state index contributed by atoms with van der Waals surface area (Å²) in [5.41, 5.74) is 5.73. The fraction of sp³-hybridized carbons (Fsp3) is 0.429. The van der Waals surface area contributed by atoms with Crippen LogP contribution in [0.4, 0.5) is 0 Å². The van der Waals surface area contributed by atoms with Crippen LogP contribution in [-0.4, -0.2) is 23.3 Å². The van der Waals surface area contributed by atoms with Crippen LogP contribution in [0.3, 0.4) is 0 Å². The van der Waals surface area contributed by atoms with E-state index in [1.54, 1.807) is 13.8 Å². The van der Waals surface area contributed by atoms with Gasteiger partial charge >= 0.3 is 5.97 Å². The summed E-state index contributed by atoms with van der Waals surface area (Å²) in [5, 5.41) is 8.52. The SMILES string of the molecule is CCN=C(/C=C(/C)N)C(=O)O. The number of carboxylic acid groups (broad SMARTS) is 1. The zero-order valence-corrected chi connectivity index (χ0v) is 6.66. The Morgan fingerprint density at radius 3 is 2.55 bits per heavy atom. The molecule has 0 amide bonds. The highest BCUT2D eigenvalue weighted by atomic mass is 16.4. The molecule has 11 heavy (non-hydrogen) atoms. The topological polar surface area (TPSA) is 75.7 Å². The van der Waals surface area contributed by atoms with Crippen molar-refractivity contribution in [3.05, 3.63) is 11.8 Å². The molecule has 4 nitrogen and oxygen atoms in total. The third-order valence-electron chi connectivity index (χ3n) is 0.912. The van der Waals surface area contributed by atoms with Crippen LogP contribution in [0.1, 0.15) is 13.8 Å². The normalized spacial score (nSPS) is 13.3. The van der Waals surface area contributed by atoms with Crippen molar-refractivity contribution in [2.24, 2.45) is 10.7 Å². The first-order valence-corrected chi connectivity index (χ1v) is 3.29. The van der Waals surface area contributed by atoms with E-state index >= 15 is 0 Å². The van der Waals surface area contributed by atoms with E-state index in [4.69, 9.17) is 10.8 Å². The van der Waals surface area contributed by atoms with Gasteiger partial charge < -0.3 is 10.8 Å². The van der Waals surface area contributed by atoms with E-state index in [0.29, 0.717) is 12.2 Å². The molecule has 0 rings (SSSR count). The molecular formula is C7H12N2O2. The van der Waals surface area contributed by atoms with Gasteiger partial charge in [0, 0.05) is 12.2 Å². The second kappa shape index (κ2) is 4.49. The average molecular weight is 156 g/mol. The highest BCUT2D eigenvalue weighted by Gasteiger charge is 2.03. The van der Waals surface area contributed by atoms with Crippen LogP contribution >= 0.6 is 0 Å². The molecule has 4 heteroatoms. The van der Waals surface area contributed by atoms with E-state index in [2.05, 4.69) is 4.99 Å². The lowest BCUT2D eigenvalue weighted by atomic mass is 10.3. The molecular weight excluding hydrogens is 144 g/mol. The zero-order chi connectivity index (χ0) is 8.85. The van der Waals surface area contributed by atoms with Gasteiger partial charge in [0.1, 0.15) is 5.71 Å². The van der Waals surface area contributed by atoms with Gasteiger partial charge in [-0.05, 0) is 19.9 Å². The Labute approximate surface area is 65.4 Å². The van der Waals surface area contributed by atoms with E-state index in [0.717, 1.165) is 0 Å². The van der Waals surface area contributed by atoms with Gasteiger partial charge in [-0.2, -0.15) is 0 Å². The maximum absolute atomic E-state index is 10.4. The molecule has 0 saturated heterocycles. The molecule has 0 aromatic heterocycles. The van der Waals surface area contributed by atoms with Crippen molar-refractivity contribution < 1.29 is 9.90 Å². The number of carboxylic acids is 1. The maximum Gasteiger partial charge on any atom is 0.354 e. The van der Waals surface area contributed by atoms with Crippen molar-refractivity contribution in [2.75, 3.05) is 6.54 Å². The van der Waals surface area contributed by atoms with Crippen LogP contribution in [0, 0.1) is 0 Å². The van der Waals surface area contributed by atoms with Crippen molar-refractivity contribution in [1.82, 2.24) is 0 Å². The molecule has 0 aliphatic carbocycles. The molecule has 0 aromatic carbocycles. The van der Waals surface area contributed by atoms with Crippen LogP contribution in [0.2, 0.25) is 0 Å². The Morgan fingerprint density at radius 2 is 2.27 bits per heavy atom. The molecule has 0 bridgehead atoms. The Bertz CT molecular complexity index is 202. The minimum Gasteiger partial charge on any atom is -0.477 e. The third kappa shape index (κ3) is 4.13. The van der Waals surface area contributed by atoms with Crippen molar-refractivity contribution >= 4 is 11.7 Å². The fourth-order valence-electron chi connectivity index (χ4n) is 0.561. The highest BCUT2D eigenvalue weighted by molar-refractivity contribution is 6.40. The molecule has 0 heterocycles. The van der Waals surface area contributed by atoms with Crippen molar-refractivity contribution in [1.29, 1.82) is 0 Å². The number of rotatable bonds is 3. The number of allylic oxidation sites excluding steroid dienone is 1. The minimum atomic E-state index is -1.04. The minimum absolute atomic E-state index is 0.00694. The van der Waals surface area contributed by atoms with E-state index < -0.39 is 5.97 Å². The quantitative estimate of drug-likeness (QED) is 0.580. The summed E-state index contributed by atoms with van der Waals surface area (Å²) in [6.45, 7) is 3.84. The summed E-state index contributed by atoms with van der Waals surface area (Å²) in [6.07, 6.45) is 1.34. The number of nitrogens with zero attached hydrogens (tertiary/aromatic N) is 1. The van der Waals surface area contributed by atoms with Gasteiger partial charge in [-0.15, -0.1) is 0 Å². The monoisotopic (exact) mass is 156 g/mol. The molecule has 0 fully saturated rings. The van der Waals surface area contributed by atoms with Crippen LogP contribution in [0.25, 0.3) is 0 Å². The van der Waals surface area contributed by atoms with Gasteiger partial charge in [0.15, 0.2) is 0 Å². The lowest BCUT2D eigenvalue weighted by Gasteiger charge is -1.93. The second-order valence-electron chi connectivity index (χ2n) is 2.05. The number of aliphatic imine (C=N–C) groups is 1. The predicted octanol–water partition coefficient (Wildman–Crippen LogP) is 0.394. The number of carbonyl (C=O) groups is 1. The Kier molecular flexibility index (Phi) is 3.95. The number of hydrogen-bond acceptors (Lipinski definition) is 3. The summed E-state index contributed by atoms with van der Waals surface area (Å²) >= 11 is 0. The molecule has 0 saturated carbocycles. The summed E-state index contributed by atoms with van der Waals surface area (Å²) in [6, 6.07) is 0. The molecule has 0 aliphatic heterocycles. The number of aliphatic carboxylic acids is 1. The molecule has 0 aliphatic rings. The Morgan fingerprint density at radius 1 is 1.73 bits per heavy atom. The Hall–Kier alpha value is -1.32. The zero-order valence-electron chi connectivity index (χ0n) is 6.66. The fourth-order valence-corrected chi connectivity index (χ4v) is 0.561. The average Bonchev–Trinajstić information content (AvgIpc) is 1.86. The first-order chi connectivity index (χ1) is 5.07. The third-order valence-corrected chi connectivity index (χ3v) is 0.912. The molecule has 0 atom stereocenters. The first-order valence-electron chi connectivity index (χ1n) is 3.29. The molecule has 62 valence electrons. The van der Waals surface area contributed by atoms with E-state index in [1.165, 1.54) is 6.08 Å². The van der Waals surface area contributed by atoms with Gasteiger partial charge in [0.25, 0.3) is 0 Å². The van der Waals surface area contributed by atoms with E-state index in [9.17, 15) is 4.79 Å². The van der Waals surface area contributed by atoms with Crippen molar-refractivity contribution in [3.8, 4) is 0 Å². The largest absolute Gasteiger partial charge is 0.477 e. The molecule has 0 aromatic rings. The molecule has 0 spiro atoms. The lowest BCUT2D eigenvalue weighted by molar-refractivity contribution is -0.129. The second-order valence-corrected chi connectivity index (χ2v) is 2.05. The summed E-state index contributed by atoms with van der Waals surface area (Å²) < 4.78 is 0. The lowest BCUT2D eigenvalue weighted by Crippen LogP contribution is -2.12. The van der Waals surface area contributed by atoms with Gasteiger partial charge in [0.05, 0.1) is 0 Å². The van der Waals surface area contributed by atoms with Crippen LogP contribution in [0.5, 0.6) is 0 Å². The van der Waals surface area contributed by atoms with Crippen LogP contribution in [-0.2, 0) is 4.79 Å². The summed E-state index contributed by atoms with van der Waals surface area (Å²) in [7, 11) is 0. The molecule has 0 unspecified atom stereocenters. The van der Waals surface area contributed by atoms with Crippen LogP contribution in [0.15, 0.2) is 16.8 Å². The van der Waals surface area contributed by atoms with Gasteiger partial charge in [0.2, 0.25) is 0 Å². The Balaban J connectivity index is 4.50. The first kappa shape index (κ1) is 9.68. The summed E-state index contributed by atoms with van der Waals surface area (Å²) in [5.74, 6) is -1.04. The van der Waals surface area contributed by atoms with E-state index in [-0.39, 0.29) is 5.71 Å². The number of hydrogen-bond donors (Lipinski definition) is 2. The van der Waals surface area contributed by atoms with E-state index in [1.807, 2.05) is 0 Å². The predicted molar refractivity (Wildman–Crippen MR) is 43.6 cm³/mol. The van der Waals surface area contributed by atoms with Crippen LogP contribution < -0.4 is 5.73 Å². The maximum atomic E-state index is 10.4.